The van der Waals surface area contributed by atoms with Crippen molar-refractivity contribution in [2.75, 3.05) is 24.7 Å². The van der Waals surface area contributed by atoms with Crippen molar-refractivity contribution in [3.8, 4) is 0 Å². The molecule has 5 N–H and O–H groups in total. The van der Waals surface area contributed by atoms with E-state index in [0.717, 1.165) is 12.2 Å². The van der Waals surface area contributed by atoms with Gasteiger partial charge in [0.1, 0.15) is 6.10 Å². The van der Waals surface area contributed by atoms with Gasteiger partial charge in [0.25, 0.3) is 0 Å². The summed E-state index contributed by atoms with van der Waals surface area (Å²) in [6.45, 7) is 2.06. The number of hydrogen-bond acceptors (Lipinski definition) is 8. The summed E-state index contributed by atoms with van der Waals surface area (Å²) in [5.74, 6) is 0.627. The highest BCUT2D eigenvalue weighted by molar-refractivity contribution is 7.99. The third-order valence-corrected chi connectivity index (χ3v) is 5.36. The van der Waals surface area contributed by atoms with E-state index in [1.54, 1.807) is 0 Å². The Labute approximate surface area is 150 Å². The summed E-state index contributed by atoms with van der Waals surface area (Å²) in [5, 5.41) is 29.9. The van der Waals surface area contributed by atoms with E-state index in [2.05, 4.69) is 16.9 Å². The topological polar surface area (TPSA) is 122 Å². The minimum Gasteiger partial charge on any atom is -0.395 e. The Hall–Kier alpha value is -0.640. The van der Waals surface area contributed by atoms with Gasteiger partial charge in [0, 0.05) is 5.75 Å². The van der Waals surface area contributed by atoms with Gasteiger partial charge in [-0.3, -0.25) is 0 Å². The van der Waals surface area contributed by atoms with Gasteiger partial charge >= 0.3 is 0 Å². The Morgan fingerprint density at radius 1 is 1.33 bits per heavy atom. The summed E-state index contributed by atoms with van der Waals surface area (Å²) in [4.78, 5) is 8.61. The lowest BCUT2D eigenvalue weighted by Crippen LogP contribution is -2.33. The molecule has 0 aliphatic heterocycles. The van der Waals surface area contributed by atoms with E-state index in [9.17, 15) is 10.2 Å². The predicted molar refractivity (Wildman–Crippen MR) is 93.1 cm³/mol. The average molecular weight is 378 g/mol. The molecule has 0 spiro atoms. The molecule has 1 saturated carbocycles. The maximum Gasteiger partial charge on any atom is 0.189 e. The van der Waals surface area contributed by atoms with Crippen molar-refractivity contribution < 1.29 is 20.1 Å². The molecule has 1 fully saturated rings. The fourth-order valence-corrected chi connectivity index (χ4v) is 3.73. The van der Waals surface area contributed by atoms with Crippen LogP contribution < -0.4 is 5.73 Å². The molecule has 1 aliphatic carbocycles. The number of aliphatic hydroxyl groups is 3. The number of aliphatic hydroxyl groups excluding tert-OH is 3. The fraction of sp³-hybridized carbons (Fsp3) is 0.733. The first-order chi connectivity index (χ1) is 11.5. The molecule has 1 aromatic rings. The molecule has 4 atom stereocenters. The van der Waals surface area contributed by atoms with Gasteiger partial charge < -0.3 is 25.8 Å². The molecule has 0 radical (unpaired) electrons. The molecule has 0 saturated heterocycles. The van der Waals surface area contributed by atoms with Crippen LogP contribution in [0.25, 0.3) is 0 Å². The van der Waals surface area contributed by atoms with E-state index in [-0.39, 0.29) is 24.3 Å². The molecular formula is C15H24ClN3O4S. The van der Waals surface area contributed by atoms with Gasteiger partial charge in [0.05, 0.1) is 36.8 Å². The molecule has 1 aromatic heterocycles. The van der Waals surface area contributed by atoms with Gasteiger partial charge in [0.15, 0.2) is 10.3 Å². The van der Waals surface area contributed by atoms with Crippen molar-refractivity contribution in [3.63, 3.8) is 0 Å². The Morgan fingerprint density at radius 2 is 2.08 bits per heavy atom. The lowest BCUT2D eigenvalue weighted by atomic mass is 9.98. The fourth-order valence-electron chi connectivity index (χ4n) is 2.78. The minimum absolute atomic E-state index is 0.125. The Morgan fingerprint density at radius 3 is 2.75 bits per heavy atom. The summed E-state index contributed by atoms with van der Waals surface area (Å²) < 4.78 is 5.38. The maximum absolute atomic E-state index is 10.2. The van der Waals surface area contributed by atoms with Crippen LogP contribution in [-0.2, 0) is 11.2 Å². The zero-order chi connectivity index (χ0) is 17.7. The number of nitrogens with two attached hydrogens (primary N) is 1. The third kappa shape index (κ3) is 4.71. The van der Waals surface area contributed by atoms with Crippen LogP contribution in [0.5, 0.6) is 0 Å². The van der Waals surface area contributed by atoms with E-state index >= 15 is 0 Å². The second-order valence-corrected chi connectivity index (χ2v) is 7.24. The molecule has 0 amide bonds. The highest BCUT2D eigenvalue weighted by Crippen LogP contribution is 2.34. The highest BCUT2D eigenvalue weighted by Gasteiger charge is 2.42. The van der Waals surface area contributed by atoms with Crippen LogP contribution in [0.3, 0.4) is 0 Å². The van der Waals surface area contributed by atoms with Crippen molar-refractivity contribution in [3.05, 3.63) is 10.8 Å². The smallest absolute Gasteiger partial charge is 0.189 e. The van der Waals surface area contributed by atoms with Crippen LogP contribution in [0, 0.1) is 5.92 Å². The second kappa shape index (κ2) is 9.17. The van der Waals surface area contributed by atoms with Crippen LogP contribution >= 0.6 is 23.4 Å². The van der Waals surface area contributed by atoms with Crippen LogP contribution in [-0.4, -0.2) is 62.6 Å². The SMILES string of the molecule is CCCSc1nc(Cl)c(N)c(C[C@@H]2C[C@H](OCCO)[C@@H](O)[C@H]2O)n1. The molecule has 7 nitrogen and oxygen atoms in total. The number of nitrogens with zero attached hydrogens (tertiary/aromatic N) is 2. The third-order valence-electron chi connectivity index (χ3n) is 4.02. The van der Waals surface area contributed by atoms with Gasteiger partial charge in [-0.1, -0.05) is 30.3 Å². The molecule has 1 heterocycles. The molecule has 1 aliphatic rings. The second-order valence-electron chi connectivity index (χ2n) is 5.82. The molecule has 2 rings (SSSR count). The molecule has 0 bridgehead atoms. The number of thioether (sulfide) groups is 1. The zero-order valence-electron chi connectivity index (χ0n) is 13.6. The van der Waals surface area contributed by atoms with E-state index in [1.165, 1.54) is 11.8 Å². The van der Waals surface area contributed by atoms with Crippen molar-refractivity contribution in [1.82, 2.24) is 9.97 Å². The van der Waals surface area contributed by atoms with Crippen LogP contribution in [0.2, 0.25) is 5.15 Å². The van der Waals surface area contributed by atoms with Crippen molar-refractivity contribution in [2.45, 2.75) is 49.7 Å². The first-order valence-electron chi connectivity index (χ1n) is 8.01. The zero-order valence-corrected chi connectivity index (χ0v) is 15.1. The number of nitrogen functional groups attached to an aromatic ring is 1. The normalized spacial score (nSPS) is 26.9. The van der Waals surface area contributed by atoms with Crippen LogP contribution in [0.15, 0.2) is 5.16 Å². The minimum atomic E-state index is -0.992. The van der Waals surface area contributed by atoms with Gasteiger partial charge in [-0.2, -0.15) is 0 Å². The Bertz CT molecular complexity index is 552. The van der Waals surface area contributed by atoms with Gasteiger partial charge in [-0.05, 0) is 25.2 Å². The van der Waals surface area contributed by atoms with E-state index in [4.69, 9.17) is 27.2 Å². The first kappa shape index (κ1) is 19.7. The molecule has 24 heavy (non-hydrogen) atoms. The lowest BCUT2D eigenvalue weighted by molar-refractivity contribution is -0.0631. The summed E-state index contributed by atoms with van der Waals surface area (Å²) >= 11 is 7.59. The molecule has 9 heteroatoms. The number of anilines is 1. The number of ether oxygens (including phenoxy) is 1. The van der Waals surface area contributed by atoms with Gasteiger partial charge in [0.2, 0.25) is 0 Å². The van der Waals surface area contributed by atoms with Gasteiger partial charge in [-0.15, -0.1) is 0 Å². The van der Waals surface area contributed by atoms with E-state index < -0.39 is 18.3 Å². The highest BCUT2D eigenvalue weighted by atomic mass is 35.5. The van der Waals surface area contributed by atoms with Crippen molar-refractivity contribution in [2.24, 2.45) is 5.92 Å². The number of aromatic nitrogens is 2. The standard InChI is InChI=1S/C15H24ClN3O4S/c1-2-5-24-15-18-9(11(17)14(16)19-15)6-8-7-10(23-4-3-20)13(22)12(8)21/h8,10,12-13,20-22H,2-7,17H2,1H3/t8-,10+,12+,13-/m1/s1. The van der Waals surface area contributed by atoms with E-state index in [0.29, 0.717) is 29.4 Å². The quantitative estimate of drug-likeness (QED) is 0.299. The lowest BCUT2D eigenvalue weighted by Gasteiger charge is -2.17. The van der Waals surface area contributed by atoms with Crippen LogP contribution in [0.4, 0.5) is 5.69 Å². The first-order valence-corrected chi connectivity index (χ1v) is 9.37. The van der Waals surface area contributed by atoms with Crippen LogP contribution in [0.1, 0.15) is 25.5 Å². The maximum atomic E-state index is 10.2. The van der Waals surface area contributed by atoms with E-state index in [1.807, 2.05) is 0 Å². The number of hydrogen-bond donors (Lipinski definition) is 4. The Balaban J connectivity index is 2.10. The molecular weight excluding hydrogens is 354 g/mol. The summed E-state index contributed by atoms with van der Waals surface area (Å²) in [6, 6.07) is 0. The summed E-state index contributed by atoms with van der Waals surface area (Å²) in [6.07, 6.45) is -0.610. The monoisotopic (exact) mass is 377 g/mol. The summed E-state index contributed by atoms with van der Waals surface area (Å²) in [7, 11) is 0. The van der Waals surface area contributed by atoms with Gasteiger partial charge in [-0.25, -0.2) is 9.97 Å². The molecule has 0 aromatic carbocycles. The average Bonchev–Trinajstić information content (AvgIpc) is 2.83. The molecule has 0 unspecified atom stereocenters. The Kier molecular flexibility index (Phi) is 7.52. The molecule has 136 valence electrons. The summed E-state index contributed by atoms with van der Waals surface area (Å²) in [5.41, 5.74) is 6.86. The predicted octanol–water partition coefficient (Wildman–Crippen LogP) is 0.876. The number of rotatable bonds is 8. The largest absolute Gasteiger partial charge is 0.395 e. The number of halogens is 1. The van der Waals surface area contributed by atoms with Crippen molar-refractivity contribution in [1.29, 1.82) is 0 Å². The van der Waals surface area contributed by atoms with Crippen molar-refractivity contribution >= 4 is 29.1 Å².